The van der Waals surface area contributed by atoms with E-state index in [0.29, 0.717) is 17.8 Å². The van der Waals surface area contributed by atoms with Crippen molar-refractivity contribution < 1.29 is 14.2 Å². The van der Waals surface area contributed by atoms with Crippen LogP contribution in [0.4, 0.5) is 5.69 Å². The van der Waals surface area contributed by atoms with Crippen LogP contribution in [0.15, 0.2) is 122 Å². The van der Waals surface area contributed by atoms with Crippen molar-refractivity contribution in [3.05, 3.63) is 127 Å². The van der Waals surface area contributed by atoms with Crippen LogP contribution >= 0.6 is 0 Å². The normalized spacial score (nSPS) is 11.1. The lowest BCUT2D eigenvalue weighted by molar-refractivity contribution is -0.657. The number of imidazole rings is 1. The number of carbonyl (C=O) groups excluding carboxylic acids is 2. The number of fused-ring (bicyclic) bond motifs is 2. The summed E-state index contributed by atoms with van der Waals surface area (Å²) >= 11 is 0. The Hall–Kier alpha value is -5.10. The third-order valence-corrected chi connectivity index (χ3v) is 6.89. The van der Waals surface area contributed by atoms with Gasteiger partial charge in [0.1, 0.15) is 0 Å². The van der Waals surface area contributed by atoms with Crippen LogP contribution in [0.1, 0.15) is 16.8 Å². The van der Waals surface area contributed by atoms with E-state index in [1.165, 1.54) is 0 Å². The maximum absolute atomic E-state index is 13.2. The van der Waals surface area contributed by atoms with Gasteiger partial charge in [-0.2, -0.15) is 0 Å². The second kappa shape index (κ2) is 10.7. The zero-order valence-electron chi connectivity index (χ0n) is 21.3. The van der Waals surface area contributed by atoms with Gasteiger partial charge in [-0.05, 0) is 35.4 Å². The summed E-state index contributed by atoms with van der Waals surface area (Å²) < 4.78 is 3.98. The molecule has 0 aliphatic rings. The van der Waals surface area contributed by atoms with E-state index in [1.54, 1.807) is 6.20 Å². The number of benzene rings is 4. The second-order valence-electron chi connectivity index (χ2n) is 9.47. The molecular formula is C33H27N4O2+. The number of carbonyl (C=O) groups is 2. The fraction of sp³-hybridized carbons (Fsp3) is 0.0909. The minimum absolute atomic E-state index is 0.0312. The smallest absolute Gasteiger partial charge is 0.245 e. The number of hydrogen-bond acceptors (Lipinski definition) is 3. The van der Waals surface area contributed by atoms with Crippen molar-refractivity contribution in [1.82, 2.24) is 9.55 Å². The molecule has 0 aliphatic heterocycles. The molecule has 39 heavy (non-hydrogen) atoms. The average Bonchev–Trinajstić information content (AvgIpc) is 3.34. The molecule has 0 spiro atoms. The molecule has 0 saturated heterocycles. The van der Waals surface area contributed by atoms with Gasteiger partial charge in [-0.25, -0.2) is 9.13 Å². The second-order valence-corrected chi connectivity index (χ2v) is 9.47. The molecule has 6 nitrogen and oxygen atoms in total. The third-order valence-electron chi connectivity index (χ3n) is 6.89. The van der Waals surface area contributed by atoms with Crippen LogP contribution in [0.2, 0.25) is 0 Å². The van der Waals surface area contributed by atoms with Crippen LogP contribution in [0.3, 0.4) is 0 Å². The van der Waals surface area contributed by atoms with E-state index in [-0.39, 0.29) is 24.7 Å². The molecular weight excluding hydrogens is 484 g/mol. The molecule has 0 saturated carbocycles. The lowest BCUT2D eigenvalue weighted by Gasteiger charge is -2.07. The van der Waals surface area contributed by atoms with Gasteiger partial charge in [0.2, 0.25) is 18.0 Å². The third kappa shape index (κ3) is 5.18. The van der Waals surface area contributed by atoms with Crippen molar-refractivity contribution in [2.45, 2.75) is 19.5 Å². The zero-order valence-corrected chi connectivity index (χ0v) is 21.3. The summed E-state index contributed by atoms with van der Waals surface area (Å²) in [5, 5.41) is 3.98. The number of para-hydroxylation sites is 3. The maximum atomic E-state index is 13.2. The highest BCUT2D eigenvalue weighted by Gasteiger charge is 2.19. The van der Waals surface area contributed by atoms with Gasteiger partial charge in [0.15, 0.2) is 17.6 Å². The van der Waals surface area contributed by atoms with Crippen LogP contribution in [0.5, 0.6) is 0 Å². The average molecular weight is 512 g/mol. The number of aryl methyl sites for hydroxylation is 1. The van der Waals surface area contributed by atoms with Crippen LogP contribution < -0.4 is 9.88 Å². The monoisotopic (exact) mass is 511 g/mol. The van der Waals surface area contributed by atoms with Crippen molar-refractivity contribution in [1.29, 1.82) is 0 Å². The first-order chi connectivity index (χ1) is 19.2. The maximum Gasteiger partial charge on any atom is 0.245 e. The van der Waals surface area contributed by atoms with Crippen molar-refractivity contribution in [3.63, 3.8) is 0 Å². The number of hydrogen-bond donors (Lipinski definition) is 1. The van der Waals surface area contributed by atoms with Gasteiger partial charge in [-0.3, -0.25) is 14.6 Å². The molecule has 0 aliphatic carbocycles. The molecule has 190 valence electrons. The van der Waals surface area contributed by atoms with Crippen LogP contribution in [-0.4, -0.2) is 21.2 Å². The molecule has 2 heterocycles. The molecule has 0 fully saturated rings. The van der Waals surface area contributed by atoms with E-state index in [2.05, 4.69) is 22.4 Å². The Labute approximate surface area is 226 Å². The predicted octanol–water partition coefficient (Wildman–Crippen LogP) is 6.06. The highest BCUT2D eigenvalue weighted by molar-refractivity contribution is 6.00. The van der Waals surface area contributed by atoms with Crippen molar-refractivity contribution in [2.24, 2.45) is 0 Å². The molecule has 0 unspecified atom stereocenters. The van der Waals surface area contributed by atoms with Gasteiger partial charge < -0.3 is 5.32 Å². The molecule has 1 N–H and O–H groups in total. The van der Waals surface area contributed by atoms with Crippen LogP contribution in [-0.2, 0) is 17.9 Å². The zero-order chi connectivity index (χ0) is 26.6. The van der Waals surface area contributed by atoms with Gasteiger partial charge in [0.25, 0.3) is 0 Å². The Bertz CT molecular complexity index is 1790. The first kappa shape index (κ1) is 24.2. The van der Waals surface area contributed by atoms with Gasteiger partial charge in [-0.15, -0.1) is 0 Å². The quantitative estimate of drug-likeness (QED) is 0.200. The molecule has 1 amide bonds. The SMILES string of the molecule is O=C(CCn1c[n+](CC(=O)c2ccc(-c3ccccc3)cc2)c2ccccc21)Nc1cccc2cccnc12. The Kier molecular flexibility index (Phi) is 6.66. The number of ketones is 1. The van der Waals surface area contributed by atoms with E-state index in [4.69, 9.17) is 0 Å². The number of anilines is 1. The minimum atomic E-state index is -0.0907. The Morgan fingerprint density at radius 1 is 0.769 bits per heavy atom. The largest absolute Gasteiger partial charge is 0.324 e. The number of amides is 1. The van der Waals surface area contributed by atoms with E-state index < -0.39 is 0 Å². The fourth-order valence-electron chi connectivity index (χ4n) is 4.91. The molecule has 2 aromatic heterocycles. The van der Waals surface area contributed by atoms with Crippen molar-refractivity contribution >= 4 is 39.3 Å². The summed E-state index contributed by atoms with van der Waals surface area (Å²) in [5.74, 6) is -0.0595. The molecule has 0 radical (unpaired) electrons. The Balaban J connectivity index is 1.16. The van der Waals surface area contributed by atoms with E-state index >= 15 is 0 Å². The predicted molar refractivity (Wildman–Crippen MR) is 153 cm³/mol. The number of nitrogens with zero attached hydrogens (tertiary/aromatic N) is 3. The molecule has 6 rings (SSSR count). The summed E-state index contributed by atoms with van der Waals surface area (Å²) in [6, 6.07) is 35.4. The van der Waals surface area contributed by atoms with Crippen molar-refractivity contribution in [3.8, 4) is 11.1 Å². The molecule has 0 bridgehead atoms. The number of aromatic nitrogens is 3. The van der Waals surface area contributed by atoms with Crippen LogP contribution in [0, 0.1) is 0 Å². The topological polar surface area (TPSA) is 67.9 Å². The Morgan fingerprint density at radius 2 is 1.51 bits per heavy atom. The van der Waals surface area contributed by atoms with Gasteiger partial charge in [-0.1, -0.05) is 84.9 Å². The summed E-state index contributed by atoms with van der Waals surface area (Å²) in [6.07, 6.45) is 3.94. The highest BCUT2D eigenvalue weighted by atomic mass is 16.1. The standard InChI is InChI=1S/C33H26N4O2/c38-31(26-17-15-25(16-18-26)24-8-2-1-3-9-24)22-37-23-36(29-13-4-5-14-30(29)37)21-19-32(39)35-28-12-6-10-27-11-7-20-34-33(27)28/h1-18,20,23H,19,21-22H2/p+1. The lowest BCUT2D eigenvalue weighted by atomic mass is 10.0. The number of pyridine rings is 1. The number of rotatable bonds is 8. The first-order valence-electron chi connectivity index (χ1n) is 13.0. The summed E-state index contributed by atoms with van der Waals surface area (Å²) in [7, 11) is 0. The molecule has 6 heteroatoms. The van der Waals surface area contributed by atoms with E-state index in [0.717, 1.165) is 33.1 Å². The molecule has 4 aromatic carbocycles. The first-order valence-corrected chi connectivity index (χ1v) is 13.0. The Morgan fingerprint density at radius 3 is 2.36 bits per heavy atom. The summed E-state index contributed by atoms with van der Waals surface area (Å²) in [6.45, 7) is 0.698. The van der Waals surface area contributed by atoms with Gasteiger partial charge in [0, 0.05) is 17.1 Å². The number of nitrogens with one attached hydrogen (secondary N) is 1. The fourth-order valence-corrected chi connectivity index (χ4v) is 4.91. The minimum Gasteiger partial charge on any atom is -0.324 e. The number of Topliss-reactive ketones (excluding diaryl/α,β-unsaturated/α-hetero) is 1. The van der Waals surface area contributed by atoms with Gasteiger partial charge in [0.05, 0.1) is 24.2 Å². The molecule has 6 aromatic rings. The summed E-state index contributed by atoms with van der Waals surface area (Å²) in [5.41, 5.74) is 6.27. The van der Waals surface area contributed by atoms with Crippen molar-refractivity contribution in [2.75, 3.05) is 5.32 Å². The van der Waals surface area contributed by atoms with Crippen LogP contribution in [0.25, 0.3) is 33.1 Å². The van der Waals surface area contributed by atoms with E-state index in [9.17, 15) is 9.59 Å². The highest BCUT2D eigenvalue weighted by Crippen LogP contribution is 2.22. The van der Waals surface area contributed by atoms with E-state index in [1.807, 2.05) is 113 Å². The summed E-state index contributed by atoms with van der Waals surface area (Å²) in [4.78, 5) is 30.5. The lowest BCUT2D eigenvalue weighted by Crippen LogP contribution is -2.36. The molecule has 0 atom stereocenters. The van der Waals surface area contributed by atoms with Gasteiger partial charge >= 0.3 is 0 Å².